The summed E-state index contributed by atoms with van der Waals surface area (Å²) in [7, 11) is 2.16. The number of rotatable bonds is 2. The lowest BCUT2D eigenvalue weighted by molar-refractivity contribution is -0.136. The van der Waals surface area contributed by atoms with Crippen molar-refractivity contribution in [2.45, 2.75) is 51.6 Å². The van der Waals surface area contributed by atoms with Crippen molar-refractivity contribution in [2.24, 2.45) is 5.41 Å². The molecule has 4 rings (SSSR count). The van der Waals surface area contributed by atoms with E-state index in [1.54, 1.807) is 4.90 Å². The third-order valence-electron chi connectivity index (χ3n) is 6.37. The van der Waals surface area contributed by atoms with Crippen LogP contribution in [0.5, 0.6) is 0 Å². The van der Waals surface area contributed by atoms with E-state index in [1.165, 1.54) is 5.56 Å². The highest BCUT2D eigenvalue weighted by Gasteiger charge is 2.40. The van der Waals surface area contributed by atoms with Crippen LogP contribution in [0.15, 0.2) is 18.2 Å². The van der Waals surface area contributed by atoms with Crippen molar-refractivity contribution in [3.8, 4) is 0 Å². The summed E-state index contributed by atoms with van der Waals surface area (Å²) in [4.78, 5) is 40.4. The van der Waals surface area contributed by atoms with Crippen LogP contribution in [0.4, 0.5) is 0 Å². The van der Waals surface area contributed by atoms with Gasteiger partial charge in [0, 0.05) is 18.5 Å². The predicted molar refractivity (Wildman–Crippen MR) is 104 cm³/mol. The third-order valence-corrected chi connectivity index (χ3v) is 6.37. The molecular formula is C20H26BN3O3. The molecule has 3 amide bonds. The number of carbonyl (C=O) groups excluding carboxylic acids is 3. The first-order valence-electron chi connectivity index (χ1n) is 9.72. The van der Waals surface area contributed by atoms with E-state index >= 15 is 0 Å². The van der Waals surface area contributed by atoms with Crippen LogP contribution in [0.1, 0.15) is 60.5 Å². The maximum Gasteiger partial charge on any atom is 0.255 e. The van der Waals surface area contributed by atoms with Gasteiger partial charge in [0.05, 0.1) is 0 Å². The SMILES string of the molecule is BN1CCC(c2ccc3c(c2)CN(C2CCC(=O)NC2=O)C3=O)C(C)(C)C1. The van der Waals surface area contributed by atoms with Crippen molar-refractivity contribution in [3.05, 3.63) is 34.9 Å². The number of nitrogens with zero attached hydrogens (tertiary/aromatic N) is 2. The number of fused-ring (bicyclic) bond motifs is 1. The largest absolute Gasteiger partial charge is 0.348 e. The summed E-state index contributed by atoms with van der Waals surface area (Å²) >= 11 is 0. The normalized spacial score (nSPS) is 28.2. The summed E-state index contributed by atoms with van der Waals surface area (Å²) in [6, 6.07) is 5.62. The molecule has 1 aromatic carbocycles. The Hall–Kier alpha value is -2.15. The second-order valence-corrected chi connectivity index (χ2v) is 8.88. The number of hydrogen-bond donors (Lipinski definition) is 1. The van der Waals surface area contributed by atoms with Crippen molar-refractivity contribution in [2.75, 3.05) is 13.1 Å². The summed E-state index contributed by atoms with van der Waals surface area (Å²) in [5.74, 6) is -0.260. The molecule has 2 atom stereocenters. The fraction of sp³-hybridized carbons (Fsp3) is 0.550. The highest BCUT2D eigenvalue weighted by Crippen LogP contribution is 2.42. The molecule has 2 saturated heterocycles. The number of hydrogen-bond acceptors (Lipinski definition) is 4. The molecule has 2 fully saturated rings. The van der Waals surface area contributed by atoms with E-state index in [4.69, 9.17) is 0 Å². The molecule has 3 heterocycles. The van der Waals surface area contributed by atoms with E-state index in [-0.39, 0.29) is 29.6 Å². The molecule has 0 radical (unpaired) electrons. The molecule has 0 spiro atoms. The second-order valence-electron chi connectivity index (χ2n) is 8.88. The molecule has 0 bridgehead atoms. The summed E-state index contributed by atoms with van der Waals surface area (Å²) in [5, 5.41) is 2.36. The minimum atomic E-state index is -0.550. The molecule has 3 aliphatic heterocycles. The van der Waals surface area contributed by atoms with Gasteiger partial charge in [-0.05, 0) is 54.5 Å². The van der Waals surface area contributed by atoms with Gasteiger partial charge in [0.15, 0.2) is 7.98 Å². The zero-order chi connectivity index (χ0) is 19.3. The molecule has 6 nitrogen and oxygen atoms in total. The summed E-state index contributed by atoms with van der Waals surface area (Å²) in [6.45, 7) is 7.19. The second kappa shape index (κ2) is 6.48. The summed E-state index contributed by atoms with van der Waals surface area (Å²) in [6.07, 6.45) is 1.79. The Morgan fingerprint density at radius 2 is 1.96 bits per heavy atom. The van der Waals surface area contributed by atoms with Crippen LogP contribution in [0.25, 0.3) is 0 Å². The van der Waals surface area contributed by atoms with Gasteiger partial charge in [-0.3, -0.25) is 19.7 Å². The lowest BCUT2D eigenvalue weighted by Crippen LogP contribution is -2.52. The first-order chi connectivity index (χ1) is 12.8. The van der Waals surface area contributed by atoms with E-state index in [0.29, 0.717) is 24.4 Å². The van der Waals surface area contributed by atoms with Gasteiger partial charge in [0.2, 0.25) is 11.8 Å². The van der Waals surface area contributed by atoms with Crippen LogP contribution in [-0.4, -0.2) is 54.5 Å². The number of imide groups is 1. The molecule has 7 heteroatoms. The van der Waals surface area contributed by atoms with Crippen molar-refractivity contribution in [1.29, 1.82) is 0 Å². The van der Waals surface area contributed by atoms with Crippen LogP contribution in [0.2, 0.25) is 0 Å². The van der Waals surface area contributed by atoms with E-state index in [9.17, 15) is 14.4 Å². The molecule has 2 unspecified atom stereocenters. The first-order valence-corrected chi connectivity index (χ1v) is 9.72. The number of amides is 3. The smallest absolute Gasteiger partial charge is 0.255 e. The van der Waals surface area contributed by atoms with Crippen LogP contribution in [0, 0.1) is 5.41 Å². The number of nitrogens with one attached hydrogen (secondary N) is 1. The van der Waals surface area contributed by atoms with Crippen molar-refractivity contribution in [3.63, 3.8) is 0 Å². The maximum absolute atomic E-state index is 12.8. The van der Waals surface area contributed by atoms with Gasteiger partial charge >= 0.3 is 0 Å². The topological polar surface area (TPSA) is 69.7 Å². The van der Waals surface area contributed by atoms with Gasteiger partial charge in [-0.1, -0.05) is 26.0 Å². The number of piperidine rings is 2. The van der Waals surface area contributed by atoms with Crippen LogP contribution < -0.4 is 5.32 Å². The lowest BCUT2D eigenvalue weighted by Gasteiger charge is -2.43. The first kappa shape index (κ1) is 18.2. The molecule has 0 aliphatic carbocycles. The monoisotopic (exact) mass is 367 g/mol. The standard InChI is InChI=1S/C20H26BN3O3/c1-20(2)11-23(21)8-7-15(20)12-3-4-14-13(9-12)10-24(19(14)27)16-5-6-17(25)22-18(16)26/h3-4,9,15-16H,5-8,10-11,21H2,1-2H3,(H,22,25,26). The molecule has 3 aliphatic rings. The van der Waals surface area contributed by atoms with E-state index in [1.807, 2.05) is 6.07 Å². The Balaban J connectivity index is 1.58. The maximum atomic E-state index is 12.8. The highest BCUT2D eigenvalue weighted by molar-refractivity contribution is 6.05. The van der Waals surface area contributed by atoms with Gasteiger partial charge in [-0.25, -0.2) is 0 Å². The fourth-order valence-electron chi connectivity index (χ4n) is 5.05. The number of carbonyl (C=O) groups is 3. The van der Waals surface area contributed by atoms with Gasteiger partial charge < -0.3 is 9.71 Å². The van der Waals surface area contributed by atoms with Crippen molar-refractivity contribution in [1.82, 2.24) is 15.0 Å². The molecule has 27 heavy (non-hydrogen) atoms. The average Bonchev–Trinajstić information content (AvgIpc) is 2.90. The van der Waals surface area contributed by atoms with Gasteiger partial charge in [-0.15, -0.1) is 0 Å². The van der Waals surface area contributed by atoms with Crippen molar-refractivity contribution >= 4 is 25.7 Å². The van der Waals surface area contributed by atoms with E-state index in [2.05, 4.69) is 44.1 Å². The molecule has 0 saturated carbocycles. The lowest BCUT2D eigenvalue weighted by atomic mass is 9.69. The van der Waals surface area contributed by atoms with Crippen molar-refractivity contribution < 1.29 is 14.4 Å². The van der Waals surface area contributed by atoms with E-state index in [0.717, 1.165) is 25.1 Å². The Morgan fingerprint density at radius 3 is 2.67 bits per heavy atom. The minimum absolute atomic E-state index is 0.103. The Kier molecular flexibility index (Phi) is 4.37. The van der Waals surface area contributed by atoms with Crippen LogP contribution in [0.3, 0.4) is 0 Å². The number of benzene rings is 1. The van der Waals surface area contributed by atoms with Gasteiger partial charge in [-0.2, -0.15) is 0 Å². The van der Waals surface area contributed by atoms with Crippen LogP contribution >= 0.6 is 0 Å². The molecule has 0 aromatic heterocycles. The Morgan fingerprint density at radius 1 is 1.19 bits per heavy atom. The molecular weight excluding hydrogens is 341 g/mol. The zero-order valence-corrected chi connectivity index (χ0v) is 16.2. The third kappa shape index (κ3) is 3.18. The Labute approximate surface area is 160 Å². The van der Waals surface area contributed by atoms with Crippen LogP contribution in [-0.2, 0) is 16.1 Å². The fourth-order valence-corrected chi connectivity index (χ4v) is 5.05. The molecule has 142 valence electrons. The minimum Gasteiger partial charge on any atom is -0.348 e. The van der Waals surface area contributed by atoms with Gasteiger partial charge in [0.1, 0.15) is 6.04 Å². The molecule has 1 N–H and O–H groups in total. The quantitative estimate of drug-likeness (QED) is 0.621. The predicted octanol–water partition coefficient (Wildman–Crippen LogP) is 0.811. The highest BCUT2D eigenvalue weighted by atomic mass is 16.2. The van der Waals surface area contributed by atoms with Gasteiger partial charge in [0.25, 0.3) is 5.91 Å². The zero-order valence-electron chi connectivity index (χ0n) is 16.2. The Bertz CT molecular complexity index is 823. The summed E-state index contributed by atoms with van der Waals surface area (Å²) in [5.41, 5.74) is 3.14. The summed E-state index contributed by atoms with van der Waals surface area (Å²) < 4.78 is 0. The molecule has 1 aromatic rings. The van der Waals surface area contributed by atoms with E-state index < -0.39 is 6.04 Å². The average molecular weight is 367 g/mol.